The molecule has 4 N–H and O–H groups in total. The fraction of sp³-hybridized carbons (Fsp3) is 0.188. The summed E-state index contributed by atoms with van der Waals surface area (Å²) in [5.41, 5.74) is 9.44. The normalized spacial score (nSPS) is 11.5. The molecule has 3 aromatic heterocycles. The number of aliphatic hydroxyl groups excluding tert-OH is 1. The molecule has 4 aromatic rings. The maximum Gasteiger partial charge on any atom is 0.152 e. The van der Waals surface area contributed by atoms with Gasteiger partial charge in [0.15, 0.2) is 5.82 Å². The third-order valence-electron chi connectivity index (χ3n) is 3.87. The summed E-state index contributed by atoms with van der Waals surface area (Å²) in [7, 11) is 0. The van der Waals surface area contributed by atoms with E-state index in [9.17, 15) is 0 Å². The van der Waals surface area contributed by atoms with E-state index in [0.29, 0.717) is 24.3 Å². The molecule has 0 spiro atoms. The van der Waals surface area contributed by atoms with Crippen molar-refractivity contribution in [3.05, 3.63) is 36.7 Å². The Morgan fingerprint density at radius 1 is 1.22 bits per heavy atom. The van der Waals surface area contributed by atoms with Crippen LogP contribution in [-0.4, -0.2) is 36.7 Å². The molecule has 0 saturated carbocycles. The average molecular weight is 308 g/mol. The number of aromatic nitrogens is 5. The van der Waals surface area contributed by atoms with Crippen molar-refractivity contribution in [2.75, 3.05) is 12.3 Å². The van der Waals surface area contributed by atoms with E-state index in [1.54, 1.807) is 10.9 Å². The molecule has 0 unspecified atom stereocenters. The van der Waals surface area contributed by atoms with Crippen LogP contribution >= 0.6 is 0 Å². The third-order valence-corrected chi connectivity index (χ3v) is 3.87. The number of rotatable bonds is 4. The second-order valence-electron chi connectivity index (χ2n) is 5.42. The van der Waals surface area contributed by atoms with Crippen molar-refractivity contribution in [2.45, 2.75) is 13.0 Å². The van der Waals surface area contributed by atoms with Crippen LogP contribution in [0, 0.1) is 0 Å². The predicted molar refractivity (Wildman–Crippen MR) is 88.7 cm³/mol. The number of fused-ring (bicyclic) bond motifs is 3. The SMILES string of the molecule is Nc1nc2cc(-c3cc[nH]n3)ccc2c2cn(CCCO)nc12. The Balaban J connectivity index is 1.89. The molecule has 116 valence electrons. The van der Waals surface area contributed by atoms with Crippen LogP contribution in [0.3, 0.4) is 0 Å². The minimum Gasteiger partial charge on any atom is -0.396 e. The van der Waals surface area contributed by atoms with E-state index >= 15 is 0 Å². The van der Waals surface area contributed by atoms with Gasteiger partial charge in [-0.2, -0.15) is 10.2 Å². The molecule has 7 nitrogen and oxygen atoms in total. The van der Waals surface area contributed by atoms with Crippen LogP contribution in [0.4, 0.5) is 5.82 Å². The van der Waals surface area contributed by atoms with Gasteiger partial charge in [-0.25, -0.2) is 4.98 Å². The topological polar surface area (TPSA) is 106 Å². The van der Waals surface area contributed by atoms with Gasteiger partial charge in [0.2, 0.25) is 0 Å². The van der Waals surface area contributed by atoms with Gasteiger partial charge in [0, 0.05) is 41.9 Å². The Morgan fingerprint density at radius 2 is 2.13 bits per heavy atom. The zero-order chi connectivity index (χ0) is 15.8. The van der Waals surface area contributed by atoms with E-state index in [0.717, 1.165) is 27.5 Å². The minimum atomic E-state index is 0.137. The molecule has 0 aliphatic rings. The van der Waals surface area contributed by atoms with Gasteiger partial charge in [-0.3, -0.25) is 9.78 Å². The van der Waals surface area contributed by atoms with E-state index in [1.165, 1.54) is 0 Å². The highest BCUT2D eigenvalue weighted by Crippen LogP contribution is 2.29. The van der Waals surface area contributed by atoms with Crippen LogP contribution in [0.25, 0.3) is 33.1 Å². The lowest BCUT2D eigenvalue weighted by Gasteiger charge is -2.03. The molecular weight excluding hydrogens is 292 g/mol. The number of hydrogen-bond donors (Lipinski definition) is 3. The first kappa shape index (κ1) is 13.7. The van der Waals surface area contributed by atoms with Crippen LogP contribution in [-0.2, 0) is 6.54 Å². The van der Waals surface area contributed by atoms with Crippen LogP contribution in [0.15, 0.2) is 36.7 Å². The van der Waals surface area contributed by atoms with Gasteiger partial charge in [-0.15, -0.1) is 0 Å². The number of nitrogens with two attached hydrogens (primary N) is 1. The van der Waals surface area contributed by atoms with Crippen molar-refractivity contribution in [2.24, 2.45) is 0 Å². The Morgan fingerprint density at radius 3 is 2.91 bits per heavy atom. The summed E-state index contributed by atoms with van der Waals surface area (Å²) in [5, 5.41) is 22.4. The van der Waals surface area contributed by atoms with Crippen LogP contribution in [0.1, 0.15) is 6.42 Å². The molecule has 3 heterocycles. The molecule has 4 rings (SSSR count). The van der Waals surface area contributed by atoms with Crippen molar-refractivity contribution in [3.63, 3.8) is 0 Å². The molecular formula is C16H16N6O. The number of nitrogens with one attached hydrogen (secondary N) is 1. The smallest absolute Gasteiger partial charge is 0.152 e. The van der Waals surface area contributed by atoms with E-state index in [-0.39, 0.29) is 6.61 Å². The van der Waals surface area contributed by atoms with E-state index < -0.39 is 0 Å². The van der Waals surface area contributed by atoms with Gasteiger partial charge in [0.25, 0.3) is 0 Å². The number of pyridine rings is 1. The molecule has 0 radical (unpaired) electrons. The van der Waals surface area contributed by atoms with E-state index in [2.05, 4.69) is 20.3 Å². The Bertz CT molecular complexity index is 973. The number of anilines is 1. The summed E-state index contributed by atoms with van der Waals surface area (Å²) in [6.07, 6.45) is 4.40. The number of aliphatic hydroxyl groups is 1. The van der Waals surface area contributed by atoms with Gasteiger partial charge in [0.1, 0.15) is 5.52 Å². The van der Waals surface area contributed by atoms with Gasteiger partial charge in [-0.05, 0) is 18.6 Å². The van der Waals surface area contributed by atoms with Crippen molar-refractivity contribution in [3.8, 4) is 11.3 Å². The maximum atomic E-state index is 8.96. The second kappa shape index (κ2) is 5.36. The van der Waals surface area contributed by atoms with Crippen molar-refractivity contribution in [1.82, 2.24) is 25.0 Å². The van der Waals surface area contributed by atoms with E-state index in [4.69, 9.17) is 10.8 Å². The number of benzene rings is 1. The molecule has 0 atom stereocenters. The standard InChI is InChI=1S/C16H16N6O/c17-16-15-12(9-22(21-15)6-1-7-23)11-3-2-10(8-14(11)19-16)13-4-5-18-20-13/h2-5,8-9,23H,1,6-7H2,(H2,17,19)(H,18,20). The van der Waals surface area contributed by atoms with Crippen LogP contribution < -0.4 is 5.73 Å². The lowest BCUT2D eigenvalue weighted by molar-refractivity contribution is 0.277. The second-order valence-corrected chi connectivity index (χ2v) is 5.42. The lowest BCUT2D eigenvalue weighted by atomic mass is 10.1. The zero-order valence-electron chi connectivity index (χ0n) is 12.4. The minimum absolute atomic E-state index is 0.137. The van der Waals surface area contributed by atoms with Gasteiger partial charge in [0.05, 0.1) is 11.2 Å². The molecule has 1 aromatic carbocycles. The molecule has 0 aliphatic carbocycles. The first-order valence-electron chi connectivity index (χ1n) is 7.43. The first-order valence-corrected chi connectivity index (χ1v) is 7.43. The van der Waals surface area contributed by atoms with Gasteiger partial charge < -0.3 is 10.8 Å². The van der Waals surface area contributed by atoms with Crippen LogP contribution in [0.2, 0.25) is 0 Å². The molecule has 0 aliphatic heterocycles. The quantitative estimate of drug-likeness (QED) is 0.534. The summed E-state index contributed by atoms with van der Waals surface area (Å²) in [6, 6.07) is 7.93. The average Bonchev–Trinajstić information content (AvgIpc) is 3.22. The van der Waals surface area contributed by atoms with E-state index in [1.807, 2.05) is 30.5 Å². The zero-order valence-corrected chi connectivity index (χ0v) is 12.4. The summed E-state index contributed by atoms with van der Waals surface area (Å²) in [6.45, 7) is 0.787. The number of hydrogen-bond acceptors (Lipinski definition) is 5. The Kier molecular flexibility index (Phi) is 3.20. The molecule has 23 heavy (non-hydrogen) atoms. The highest BCUT2D eigenvalue weighted by Gasteiger charge is 2.12. The molecule has 7 heteroatoms. The summed E-state index contributed by atoms with van der Waals surface area (Å²) in [4.78, 5) is 4.48. The summed E-state index contributed by atoms with van der Waals surface area (Å²) in [5.74, 6) is 0.412. The maximum absolute atomic E-state index is 8.96. The molecule has 0 bridgehead atoms. The summed E-state index contributed by atoms with van der Waals surface area (Å²) < 4.78 is 1.81. The largest absolute Gasteiger partial charge is 0.396 e. The first-order chi connectivity index (χ1) is 11.3. The monoisotopic (exact) mass is 308 g/mol. The number of nitrogens with zero attached hydrogens (tertiary/aromatic N) is 4. The number of aryl methyl sites for hydroxylation is 1. The molecule has 0 amide bonds. The number of H-pyrrole nitrogens is 1. The molecule has 0 saturated heterocycles. The van der Waals surface area contributed by atoms with Crippen molar-refractivity contribution < 1.29 is 5.11 Å². The Labute approximate surface area is 131 Å². The van der Waals surface area contributed by atoms with Gasteiger partial charge in [-0.1, -0.05) is 12.1 Å². The number of nitrogen functional groups attached to an aromatic ring is 1. The summed E-state index contributed by atoms with van der Waals surface area (Å²) >= 11 is 0. The van der Waals surface area contributed by atoms with Crippen molar-refractivity contribution >= 4 is 27.6 Å². The van der Waals surface area contributed by atoms with Crippen molar-refractivity contribution in [1.29, 1.82) is 0 Å². The van der Waals surface area contributed by atoms with Gasteiger partial charge >= 0.3 is 0 Å². The predicted octanol–water partition coefficient (Wildman–Crippen LogP) is 1.94. The fourth-order valence-corrected chi connectivity index (χ4v) is 2.77. The highest BCUT2D eigenvalue weighted by atomic mass is 16.3. The highest BCUT2D eigenvalue weighted by molar-refractivity contribution is 6.08. The lowest BCUT2D eigenvalue weighted by Crippen LogP contribution is -2.00. The fourth-order valence-electron chi connectivity index (χ4n) is 2.77. The Hall–Kier alpha value is -2.93. The van der Waals surface area contributed by atoms with Crippen LogP contribution in [0.5, 0.6) is 0 Å². The third kappa shape index (κ3) is 2.31. The molecule has 0 fully saturated rings. The number of aromatic amines is 1.